The summed E-state index contributed by atoms with van der Waals surface area (Å²) in [6.45, 7) is 0.421. The van der Waals surface area contributed by atoms with Gasteiger partial charge in [-0.1, -0.05) is 23.9 Å². The summed E-state index contributed by atoms with van der Waals surface area (Å²) in [6, 6.07) is 15.7. The Morgan fingerprint density at radius 2 is 1.91 bits per heavy atom. The van der Waals surface area contributed by atoms with Crippen LogP contribution in [0.3, 0.4) is 0 Å². The second-order valence-corrected chi connectivity index (χ2v) is 8.39. The number of carbonyl (C=O) groups excluding carboxylic acids is 2. The van der Waals surface area contributed by atoms with Crippen LogP contribution < -0.4 is 19.7 Å². The van der Waals surface area contributed by atoms with E-state index < -0.39 is 0 Å². The number of hydrogen-bond donors (Lipinski definition) is 1. The van der Waals surface area contributed by atoms with E-state index >= 15 is 0 Å². The van der Waals surface area contributed by atoms with Crippen molar-refractivity contribution in [2.75, 3.05) is 24.5 Å². The van der Waals surface area contributed by atoms with Crippen molar-refractivity contribution in [1.82, 2.24) is 15.5 Å². The van der Waals surface area contributed by atoms with Crippen LogP contribution in [0.25, 0.3) is 11.5 Å². The molecule has 10 nitrogen and oxygen atoms in total. The van der Waals surface area contributed by atoms with Crippen molar-refractivity contribution in [2.24, 2.45) is 0 Å². The van der Waals surface area contributed by atoms with Gasteiger partial charge in [0, 0.05) is 12.6 Å². The monoisotopic (exact) mass is 492 g/mol. The van der Waals surface area contributed by atoms with Gasteiger partial charge >= 0.3 is 0 Å². The van der Waals surface area contributed by atoms with Crippen molar-refractivity contribution in [3.05, 3.63) is 72.2 Å². The average molecular weight is 493 g/mol. The molecule has 0 unspecified atom stereocenters. The molecule has 0 radical (unpaired) electrons. The fourth-order valence-electron chi connectivity index (χ4n) is 3.40. The van der Waals surface area contributed by atoms with Gasteiger partial charge in [0.1, 0.15) is 5.76 Å². The first-order chi connectivity index (χ1) is 17.1. The first-order valence-electron chi connectivity index (χ1n) is 10.6. The normalized spacial score (nSPS) is 11.9. The van der Waals surface area contributed by atoms with Crippen LogP contribution in [0.4, 0.5) is 5.69 Å². The lowest BCUT2D eigenvalue weighted by atomic mass is 10.1. The largest absolute Gasteiger partial charge is 0.467 e. The zero-order valence-electron chi connectivity index (χ0n) is 18.6. The Morgan fingerprint density at radius 1 is 1.06 bits per heavy atom. The van der Waals surface area contributed by atoms with Gasteiger partial charge < -0.3 is 28.5 Å². The first kappa shape index (κ1) is 22.5. The number of aromatic nitrogens is 2. The Kier molecular flexibility index (Phi) is 6.40. The highest BCUT2D eigenvalue weighted by Gasteiger charge is 2.21. The molecule has 35 heavy (non-hydrogen) atoms. The molecule has 0 atom stereocenters. The highest BCUT2D eigenvalue weighted by atomic mass is 32.2. The third-order valence-electron chi connectivity index (χ3n) is 5.23. The fourth-order valence-corrected chi connectivity index (χ4v) is 4.08. The molecule has 1 N–H and O–H groups in total. The highest BCUT2D eigenvalue weighted by molar-refractivity contribution is 7.99. The number of carbonyl (C=O) groups is 2. The van der Waals surface area contributed by atoms with Crippen molar-refractivity contribution in [2.45, 2.75) is 11.8 Å². The molecule has 0 fully saturated rings. The molecule has 5 rings (SSSR count). The molecule has 2 amide bonds. The fraction of sp³-hybridized carbons (Fsp3) is 0.167. The van der Waals surface area contributed by atoms with Crippen LogP contribution in [0.2, 0.25) is 0 Å². The molecule has 2 aromatic heterocycles. The van der Waals surface area contributed by atoms with Gasteiger partial charge in [0.05, 0.1) is 29.8 Å². The SMILES string of the molecule is CN(C(=O)CSc1nnc(-c2ccc3c(c2)OCO3)o1)c1ccccc1C(=O)NCc1ccco1. The van der Waals surface area contributed by atoms with Crippen LogP contribution >= 0.6 is 11.8 Å². The van der Waals surface area contributed by atoms with E-state index in [0.29, 0.717) is 40.0 Å². The Bertz CT molecular complexity index is 1350. The molecule has 4 aromatic rings. The number of fused-ring (bicyclic) bond motifs is 1. The summed E-state index contributed by atoms with van der Waals surface area (Å²) >= 11 is 1.11. The molecule has 178 valence electrons. The lowest BCUT2D eigenvalue weighted by Gasteiger charge is -2.20. The van der Waals surface area contributed by atoms with Gasteiger partial charge in [0.2, 0.25) is 18.6 Å². The van der Waals surface area contributed by atoms with E-state index in [1.807, 2.05) is 0 Å². The van der Waals surface area contributed by atoms with E-state index in [2.05, 4.69) is 15.5 Å². The number of benzene rings is 2. The van der Waals surface area contributed by atoms with E-state index in [1.54, 1.807) is 67.9 Å². The number of rotatable bonds is 8. The first-order valence-corrected chi connectivity index (χ1v) is 11.6. The van der Waals surface area contributed by atoms with Crippen LogP contribution in [0.5, 0.6) is 11.5 Å². The maximum Gasteiger partial charge on any atom is 0.277 e. The summed E-state index contributed by atoms with van der Waals surface area (Å²) in [5.74, 6) is 1.71. The van der Waals surface area contributed by atoms with Crippen molar-refractivity contribution in [1.29, 1.82) is 0 Å². The van der Waals surface area contributed by atoms with Crippen LogP contribution in [-0.2, 0) is 11.3 Å². The van der Waals surface area contributed by atoms with Crippen molar-refractivity contribution < 1.29 is 27.9 Å². The molecule has 0 saturated carbocycles. The standard InChI is InChI=1S/C24H20N4O6S/c1-28(18-7-3-2-6-17(18)22(30)25-12-16-5-4-10-31-16)21(29)13-35-24-27-26-23(34-24)15-8-9-19-20(11-15)33-14-32-19/h2-11H,12-14H2,1H3,(H,25,30). The topological polar surface area (TPSA) is 120 Å². The zero-order valence-corrected chi connectivity index (χ0v) is 19.4. The van der Waals surface area contributed by atoms with Crippen LogP contribution in [0, 0.1) is 0 Å². The van der Waals surface area contributed by atoms with Crippen molar-refractivity contribution in [3.8, 4) is 23.0 Å². The zero-order chi connectivity index (χ0) is 24.2. The number of ether oxygens (including phenoxy) is 2. The molecule has 11 heteroatoms. The van der Waals surface area contributed by atoms with Crippen molar-refractivity contribution >= 4 is 29.3 Å². The molecular weight excluding hydrogens is 472 g/mol. The number of hydrogen-bond acceptors (Lipinski definition) is 9. The number of thioether (sulfide) groups is 1. The lowest BCUT2D eigenvalue weighted by molar-refractivity contribution is -0.115. The molecule has 3 heterocycles. The molecule has 0 aliphatic carbocycles. The molecule has 1 aliphatic rings. The third kappa shape index (κ3) is 4.99. The van der Waals surface area contributed by atoms with Crippen LogP contribution in [0.15, 0.2) is 74.9 Å². The smallest absolute Gasteiger partial charge is 0.277 e. The summed E-state index contributed by atoms with van der Waals surface area (Å²) in [5, 5.41) is 11.1. The summed E-state index contributed by atoms with van der Waals surface area (Å²) < 4.78 is 21.6. The lowest BCUT2D eigenvalue weighted by Crippen LogP contribution is -2.31. The highest BCUT2D eigenvalue weighted by Crippen LogP contribution is 2.36. The van der Waals surface area contributed by atoms with E-state index in [-0.39, 0.29) is 36.1 Å². The molecule has 0 saturated heterocycles. The second kappa shape index (κ2) is 9.94. The number of para-hydroxylation sites is 1. The van der Waals surface area contributed by atoms with Crippen LogP contribution in [0.1, 0.15) is 16.1 Å². The number of anilines is 1. The van der Waals surface area contributed by atoms with Gasteiger partial charge in [-0.15, -0.1) is 10.2 Å². The van der Waals surface area contributed by atoms with E-state index in [0.717, 1.165) is 11.8 Å². The van der Waals surface area contributed by atoms with Gasteiger partial charge in [-0.2, -0.15) is 0 Å². The molecule has 0 spiro atoms. The summed E-state index contributed by atoms with van der Waals surface area (Å²) in [7, 11) is 1.62. The number of nitrogens with one attached hydrogen (secondary N) is 1. The molecule has 2 aromatic carbocycles. The Hall–Kier alpha value is -4.25. The van der Waals surface area contributed by atoms with Crippen LogP contribution in [-0.4, -0.2) is 41.6 Å². The molecular formula is C24H20N4O6S. The van der Waals surface area contributed by atoms with E-state index in [1.165, 1.54) is 4.90 Å². The van der Waals surface area contributed by atoms with Gasteiger partial charge in [-0.25, -0.2) is 0 Å². The number of amides is 2. The second-order valence-electron chi connectivity index (χ2n) is 7.46. The maximum absolute atomic E-state index is 12.9. The Morgan fingerprint density at radius 3 is 2.77 bits per heavy atom. The van der Waals surface area contributed by atoms with Gasteiger partial charge in [0.15, 0.2) is 11.5 Å². The number of nitrogens with zero attached hydrogens (tertiary/aromatic N) is 3. The maximum atomic E-state index is 12.9. The summed E-state index contributed by atoms with van der Waals surface area (Å²) in [4.78, 5) is 27.0. The minimum absolute atomic E-state index is 0.0433. The van der Waals surface area contributed by atoms with Gasteiger partial charge in [-0.05, 0) is 42.5 Å². The molecule has 0 bridgehead atoms. The van der Waals surface area contributed by atoms with Crippen molar-refractivity contribution in [3.63, 3.8) is 0 Å². The Labute approximate surface area is 204 Å². The Balaban J connectivity index is 1.21. The average Bonchev–Trinajstić information content (AvgIpc) is 3.66. The minimum atomic E-state index is -0.311. The predicted molar refractivity (Wildman–Crippen MR) is 126 cm³/mol. The molecule has 1 aliphatic heterocycles. The van der Waals surface area contributed by atoms with Gasteiger partial charge in [-0.3, -0.25) is 9.59 Å². The number of furan rings is 1. The summed E-state index contributed by atoms with van der Waals surface area (Å²) in [6.07, 6.45) is 1.54. The van der Waals surface area contributed by atoms with E-state index in [9.17, 15) is 9.59 Å². The van der Waals surface area contributed by atoms with Gasteiger partial charge in [0.25, 0.3) is 11.1 Å². The quantitative estimate of drug-likeness (QED) is 0.367. The third-order valence-corrected chi connectivity index (χ3v) is 6.04. The minimum Gasteiger partial charge on any atom is -0.467 e. The summed E-state index contributed by atoms with van der Waals surface area (Å²) in [5.41, 5.74) is 1.55. The predicted octanol–water partition coefficient (Wildman–Crippen LogP) is 3.74. The van der Waals surface area contributed by atoms with E-state index in [4.69, 9.17) is 18.3 Å².